The van der Waals surface area contributed by atoms with Gasteiger partial charge in [0.25, 0.3) is 5.91 Å². The molecular formula is C18H14Cl2F2N2O5S. The number of esters is 1. The average Bonchev–Trinajstić information content (AvgIpc) is 3.46. The lowest BCUT2D eigenvalue weighted by atomic mass is 10.2. The van der Waals surface area contributed by atoms with Gasteiger partial charge in [-0.15, -0.1) is 0 Å². The van der Waals surface area contributed by atoms with E-state index in [2.05, 4.69) is 10.0 Å². The Kier molecular flexibility index (Phi) is 6.61. The second-order valence-electron chi connectivity index (χ2n) is 6.41. The predicted octanol–water partition coefficient (Wildman–Crippen LogP) is 3.51. The van der Waals surface area contributed by atoms with Crippen LogP contribution in [0.4, 0.5) is 14.5 Å². The molecule has 2 aromatic rings. The normalized spacial score (nSPS) is 13.7. The van der Waals surface area contributed by atoms with Gasteiger partial charge in [0.05, 0.1) is 21.3 Å². The van der Waals surface area contributed by atoms with Gasteiger partial charge in [-0.1, -0.05) is 23.2 Å². The summed E-state index contributed by atoms with van der Waals surface area (Å²) in [4.78, 5) is 23.8. The number of ether oxygens (including phenoxy) is 1. The number of nitrogens with one attached hydrogen (secondary N) is 2. The van der Waals surface area contributed by atoms with E-state index in [1.807, 2.05) is 0 Å². The Morgan fingerprint density at radius 3 is 2.47 bits per heavy atom. The first-order valence-corrected chi connectivity index (χ1v) is 10.7. The van der Waals surface area contributed by atoms with Gasteiger partial charge in [0.2, 0.25) is 10.0 Å². The number of halogens is 4. The molecule has 0 spiro atoms. The summed E-state index contributed by atoms with van der Waals surface area (Å²) < 4.78 is 58.7. The Hall–Kier alpha value is -2.27. The third kappa shape index (κ3) is 5.45. The zero-order chi connectivity index (χ0) is 22.1. The van der Waals surface area contributed by atoms with Crippen LogP contribution in [0.3, 0.4) is 0 Å². The van der Waals surface area contributed by atoms with Gasteiger partial charge in [0.15, 0.2) is 6.61 Å². The van der Waals surface area contributed by atoms with E-state index in [1.165, 1.54) is 0 Å². The SMILES string of the molecule is O=C(COC(=O)c1cc(S(=O)(=O)NC2CC2)c(Cl)cc1Cl)Nc1cc(F)ccc1F. The van der Waals surface area contributed by atoms with Gasteiger partial charge in [-0.2, -0.15) is 0 Å². The molecule has 1 aliphatic carbocycles. The lowest BCUT2D eigenvalue weighted by Crippen LogP contribution is -2.26. The van der Waals surface area contributed by atoms with Gasteiger partial charge in [-0.3, -0.25) is 4.79 Å². The van der Waals surface area contributed by atoms with E-state index in [4.69, 9.17) is 27.9 Å². The van der Waals surface area contributed by atoms with Crippen LogP contribution in [-0.2, 0) is 19.6 Å². The molecule has 1 saturated carbocycles. The maximum Gasteiger partial charge on any atom is 0.340 e. The summed E-state index contributed by atoms with van der Waals surface area (Å²) in [6.45, 7) is -0.851. The van der Waals surface area contributed by atoms with Crippen LogP contribution < -0.4 is 10.0 Å². The number of benzene rings is 2. The minimum atomic E-state index is -3.99. The lowest BCUT2D eigenvalue weighted by Gasteiger charge is -2.12. The van der Waals surface area contributed by atoms with Crippen molar-refractivity contribution >= 4 is 50.8 Å². The van der Waals surface area contributed by atoms with Crippen molar-refractivity contribution in [1.29, 1.82) is 0 Å². The lowest BCUT2D eigenvalue weighted by molar-refractivity contribution is -0.119. The molecule has 3 rings (SSSR count). The van der Waals surface area contributed by atoms with Crippen LogP contribution in [0.1, 0.15) is 23.2 Å². The van der Waals surface area contributed by atoms with Gasteiger partial charge in [0, 0.05) is 12.1 Å². The highest BCUT2D eigenvalue weighted by Gasteiger charge is 2.30. The van der Waals surface area contributed by atoms with Crippen LogP contribution >= 0.6 is 23.2 Å². The molecule has 0 unspecified atom stereocenters. The summed E-state index contributed by atoms with van der Waals surface area (Å²) in [5, 5.41) is 1.68. The van der Waals surface area contributed by atoms with Crippen molar-refractivity contribution in [1.82, 2.24) is 4.72 Å². The van der Waals surface area contributed by atoms with E-state index in [0.29, 0.717) is 12.8 Å². The third-order valence-corrected chi connectivity index (χ3v) is 6.26. The summed E-state index contributed by atoms with van der Waals surface area (Å²) >= 11 is 11.9. The second-order valence-corrected chi connectivity index (χ2v) is 8.90. The minimum absolute atomic E-state index is 0.188. The number of sulfonamides is 1. The van der Waals surface area contributed by atoms with Crippen LogP contribution in [0.25, 0.3) is 0 Å². The van der Waals surface area contributed by atoms with Crippen molar-refractivity contribution in [3.63, 3.8) is 0 Å². The fraction of sp³-hybridized carbons (Fsp3) is 0.222. The van der Waals surface area contributed by atoms with E-state index >= 15 is 0 Å². The van der Waals surface area contributed by atoms with E-state index in [9.17, 15) is 26.8 Å². The standard InChI is InChI=1S/C18H14Cl2F2N2O5S/c19-12-7-13(20)16(30(27,28)24-10-2-3-10)6-11(12)18(26)29-8-17(25)23-15-5-9(21)1-4-14(15)22/h1,4-7,10,24H,2-3,8H2,(H,23,25). The summed E-state index contributed by atoms with van der Waals surface area (Å²) in [5.74, 6) is -3.70. The molecule has 2 aromatic carbocycles. The molecule has 12 heteroatoms. The second kappa shape index (κ2) is 8.84. The zero-order valence-electron chi connectivity index (χ0n) is 15.0. The third-order valence-electron chi connectivity index (χ3n) is 3.97. The van der Waals surface area contributed by atoms with E-state index in [1.54, 1.807) is 0 Å². The van der Waals surface area contributed by atoms with Crippen LogP contribution in [0, 0.1) is 11.6 Å². The van der Waals surface area contributed by atoms with Gasteiger partial charge in [-0.05, 0) is 37.1 Å². The number of carbonyl (C=O) groups excluding carboxylic acids is 2. The molecule has 0 saturated heterocycles. The molecule has 0 atom stereocenters. The number of carbonyl (C=O) groups is 2. The van der Waals surface area contributed by atoms with Crippen LogP contribution in [0.15, 0.2) is 35.2 Å². The molecule has 0 bridgehead atoms. The Balaban J connectivity index is 1.71. The molecule has 0 radical (unpaired) electrons. The first-order chi connectivity index (χ1) is 14.1. The van der Waals surface area contributed by atoms with Crippen molar-refractivity contribution < 1.29 is 31.5 Å². The van der Waals surface area contributed by atoms with Gasteiger partial charge in [0.1, 0.15) is 16.5 Å². The predicted molar refractivity (Wildman–Crippen MR) is 105 cm³/mol. The van der Waals surface area contributed by atoms with E-state index < -0.39 is 45.8 Å². The highest BCUT2D eigenvalue weighted by molar-refractivity contribution is 7.89. The summed E-state index contributed by atoms with van der Waals surface area (Å²) in [6.07, 6.45) is 1.39. The molecule has 0 aromatic heterocycles. The van der Waals surface area contributed by atoms with Crippen molar-refractivity contribution in [2.75, 3.05) is 11.9 Å². The maximum atomic E-state index is 13.6. The molecule has 0 heterocycles. The Bertz CT molecular complexity index is 1120. The van der Waals surface area contributed by atoms with Crippen molar-refractivity contribution in [3.05, 3.63) is 57.6 Å². The molecule has 1 amide bonds. The Labute approximate surface area is 180 Å². The highest BCUT2D eigenvalue weighted by Crippen LogP contribution is 2.31. The molecular weight excluding hydrogens is 465 g/mol. The first kappa shape index (κ1) is 22.4. The van der Waals surface area contributed by atoms with Crippen LogP contribution in [-0.4, -0.2) is 32.9 Å². The minimum Gasteiger partial charge on any atom is -0.452 e. The highest BCUT2D eigenvalue weighted by atomic mass is 35.5. The molecule has 30 heavy (non-hydrogen) atoms. The van der Waals surface area contributed by atoms with Crippen molar-refractivity contribution in [3.8, 4) is 0 Å². The van der Waals surface area contributed by atoms with E-state index in [0.717, 1.165) is 30.3 Å². The summed E-state index contributed by atoms with van der Waals surface area (Å²) in [7, 11) is -3.99. The van der Waals surface area contributed by atoms with Crippen molar-refractivity contribution in [2.45, 2.75) is 23.8 Å². The number of amides is 1. The summed E-state index contributed by atoms with van der Waals surface area (Å²) in [5.41, 5.74) is -0.762. The number of hydrogen-bond donors (Lipinski definition) is 2. The molecule has 2 N–H and O–H groups in total. The number of rotatable bonds is 7. The van der Waals surface area contributed by atoms with Crippen LogP contribution in [0.2, 0.25) is 10.0 Å². The Morgan fingerprint density at radius 2 is 1.80 bits per heavy atom. The summed E-state index contributed by atoms with van der Waals surface area (Å²) in [6, 6.07) is 4.28. The van der Waals surface area contributed by atoms with Gasteiger partial charge in [-0.25, -0.2) is 26.7 Å². The topological polar surface area (TPSA) is 102 Å². The quantitative estimate of drug-likeness (QED) is 0.592. The van der Waals surface area contributed by atoms with Gasteiger partial charge >= 0.3 is 5.97 Å². The molecule has 1 fully saturated rings. The number of anilines is 1. The Morgan fingerprint density at radius 1 is 1.10 bits per heavy atom. The fourth-order valence-electron chi connectivity index (χ4n) is 2.36. The van der Waals surface area contributed by atoms with Crippen molar-refractivity contribution in [2.24, 2.45) is 0 Å². The largest absolute Gasteiger partial charge is 0.452 e. The first-order valence-electron chi connectivity index (χ1n) is 8.50. The van der Waals surface area contributed by atoms with Crippen LogP contribution in [0.5, 0.6) is 0 Å². The monoisotopic (exact) mass is 478 g/mol. The molecule has 160 valence electrons. The van der Waals surface area contributed by atoms with Gasteiger partial charge < -0.3 is 10.1 Å². The maximum absolute atomic E-state index is 13.6. The molecule has 0 aliphatic heterocycles. The zero-order valence-corrected chi connectivity index (χ0v) is 17.4. The average molecular weight is 479 g/mol. The molecule has 1 aliphatic rings. The smallest absolute Gasteiger partial charge is 0.340 e. The molecule has 7 nitrogen and oxygen atoms in total. The van der Waals surface area contributed by atoms with E-state index in [-0.39, 0.29) is 26.5 Å². The number of hydrogen-bond acceptors (Lipinski definition) is 5. The fourth-order valence-corrected chi connectivity index (χ4v) is 4.52.